The second-order valence-electron chi connectivity index (χ2n) is 4.86. The summed E-state index contributed by atoms with van der Waals surface area (Å²) in [6, 6.07) is 4.02. The topological polar surface area (TPSA) is 38.1 Å². The number of anilines is 1. The number of pyridine rings is 1. The molecular weight excluding hydrogens is 200 g/mol. The van der Waals surface area contributed by atoms with Crippen molar-refractivity contribution in [2.75, 3.05) is 11.9 Å². The molecule has 0 amide bonds. The molecule has 0 fully saturated rings. The Bertz CT molecular complexity index is 515. The first-order chi connectivity index (χ1) is 7.67. The number of aromatic nitrogens is 1. The zero-order valence-electron chi connectivity index (χ0n) is 9.45. The minimum atomic E-state index is 0.178. The van der Waals surface area contributed by atoms with Gasteiger partial charge in [-0.15, -0.1) is 0 Å². The summed E-state index contributed by atoms with van der Waals surface area (Å²) in [5.74, 6) is 0. The largest absolute Gasteiger partial charge is 0.472 e. The molecule has 2 aromatic heterocycles. The van der Waals surface area contributed by atoms with Gasteiger partial charge in [-0.05, 0) is 12.1 Å². The van der Waals surface area contributed by atoms with E-state index in [-0.39, 0.29) is 5.41 Å². The quantitative estimate of drug-likeness (QED) is 0.792. The summed E-state index contributed by atoms with van der Waals surface area (Å²) in [7, 11) is 0. The summed E-state index contributed by atoms with van der Waals surface area (Å²) >= 11 is 0. The first-order valence-electron chi connectivity index (χ1n) is 5.44. The third-order valence-corrected chi connectivity index (χ3v) is 3.17. The third kappa shape index (κ3) is 1.32. The van der Waals surface area contributed by atoms with E-state index >= 15 is 0 Å². The summed E-state index contributed by atoms with van der Waals surface area (Å²) in [5, 5.41) is 3.42. The van der Waals surface area contributed by atoms with Crippen LogP contribution in [-0.4, -0.2) is 11.5 Å². The number of rotatable bonds is 1. The molecule has 3 nitrogen and oxygen atoms in total. The van der Waals surface area contributed by atoms with Gasteiger partial charge in [0.05, 0.1) is 18.2 Å². The lowest BCUT2D eigenvalue weighted by atomic mass is 9.88. The van der Waals surface area contributed by atoms with Gasteiger partial charge in [-0.25, -0.2) is 0 Å². The lowest BCUT2D eigenvalue weighted by Gasteiger charge is -2.16. The minimum absolute atomic E-state index is 0.178. The Morgan fingerprint density at radius 2 is 2.31 bits per heavy atom. The normalized spacial score (nSPS) is 16.9. The van der Waals surface area contributed by atoms with Gasteiger partial charge in [0.15, 0.2) is 0 Å². The van der Waals surface area contributed by atoms with E-state index in [1.807, 2.05) is 12.3 Å². The first kappa shape index (κ1) is 9.46. The van der Waals surface area contributed by atoms with Gasteiger partial charge < -0.3 is 9.73 Å². The number of furan rings is 1. The van der Waals surface area contributed by atoms with Crippen molar-refractivity contribution in [1.29, 1.82) is 0 Å². The molecule has 0 atom stereocenters. The van der Waals surface area contributed by atoms with Gasteiger partial charge in [0.2, 0.25) is 0 Å². The van der Waals surface area contributed by atoms with E-state index in [4.69, 9.17) is 4.42 Å². The Balaban J connectivity index is 2.08. The van der Waals surface area contributed by atoms with Crippen molar-refractivity contribution in [3.63, 3.8) is 0 Å². The maximum Gasteiger partial charge on any atom is 0.0996 e. The highest BCUT2D eigenvalue weighted by atomic mass is 16.3. The van der Waals surface area contributed by atoms with Gasteiger partial charge in [-0.1, -0.05) is 13.8 Å². The number of hydrogen-bond acceptors (Lipinski definition) is 3. The highest BCUT2D eigenvalue weighted by Crippen LogP contribution is 2.37. The predicted molar refractivity (Wildman–Crippen MR) is 63.5 cm³/mol. The molecule has 16 heavy (non-hydrogen) atoms. The number of nitrogens with one attached hydrogen (secondary N) is 1. The molecule has 0 spiro atoms. The van der Waals surface area contributed by atoms with Crippen LogP contribution in [0.15, 0.2) is 35.3 Å². The van der Waals surface area contributed by atoms with Crippen LogP contribution in [0.5, 0.6) is 0 Å². The van der Waals surface area contributed by atoms with Gasteiger partial charge in [-0.2, -0.15) is 0 Å². The summed E-state index contributed by atoms with van der Waals surface area (Å²) < 4.78 is 5.07. The second kappa shape index (κ2) is 3.11. The average molecular weight is 214 g/mol. The molecule has 3 heterocycles. The van der Waals surface area contributed by atoms with Crippen molar-refractivity contribution >= 4 is 5.69 Å². The summed E-state index contributed by atoms with van der Waals surface area (Å²) in [5.41, 5.74) is 4.64. The first-order valence-corrected chi connectivity index (χ1v) is 5.44. The minimum Gasteiger partial charge on any atom is -0.472 e. The summed E-state index contributed by atoms with van der Waals surface area (Å²) in [6.45, 7) is 5.43. The van der Waals surface area contributed by atoms with Gasteiger partial charge in [0, 0.05) is 35.0 Å². The fourth-order valence-electron chi connectivity index (χ4n) is 2.12. The highest BCUT2D eigenvalue weighted by Gasteiger charge is 2.30. The van der Waals surface area contributed by atoms with Crippen LogP contribution in [0.25, 0.3) is 11.3 Å². The summed E-state index contributed by atoms with van der Waals surface area (Å²) in [6.07, 6.45) is 5.36. The monoisotopic (exact) mass is 214 g/mol. The van der Waals surface area contributed by atoms with Crippen molar-refractivity contribution < 1.29 is 4.42 Å². The fraction of sp³-hybridized carbons (Fsp3) is 0.308. The molecule has 2 aromatic rings. The maximum atomic E-state index is 5.07. The number of nitrogens with zero attached hydrogens (tertiary/aromatic N) is 1. The van der Waals surface area contributed by atoms with Gasteiger partial charge in [0.1, 0.15) is 0 Å². The van der Waals surface area contributed by atoms with Crippen molar-refractivity contribution in [1.82, 2.24) is 4.98 Å². The molecule has 0 radical (unpaired) electrons. The Hall–Kier alpha value is -1.77. The lowest BCUT2D eigenvalue weighted by Crippen LogP contribution is -2.18. The molecule has 0 saturated carbocycles. The van der Waals surface area contributed by atoms with Crippen molar-refractivity contribution in [2.24, 2.45) is 0 Å². The van der Waals surface area contributed by atoms with E-state index in [9.17, 15) is 0 Å². The van der Waals surface area contributed by atoms with E-state index in [2.05, 4.69) is 30.2 Å². The van der Waals surface area contributed by atoms with E-state index in [0.717, 1.165) is 17.8 Å². The second-order valence-corrected chi connectivity index (χ2v) is 4.86. The molecule has 1 N–H and O–H groups in total. The van der Waals surface area contributed by atoms with Crippen LogP contribution < -0.4 is 5.32 Å². The van der Waals surface area contributed by atoms with Crippen LogP contribution in [0.4, 0.5) is 5.69 Å². The van der Waals surface area contributed by atoms with E-state index in [1.165, 1.54) is 11.3 Å². The van der Waals surface area contributed by atoms with Crippen LogP contribution in [0, 0.1) is 0 Å². The highest BCUT2D eigenvalue weighted by molar-refractivity contribution is 5.68. The van der Waals surface area contributed by atoms with Crippen LogP contribution in [0.3, 0.4) is 0 Å². The molecule has 0 bridgehead atoms. The van der Waals surface area contributed by atoms with Gasteiger partial charge in [0.25, 0.3) is 0 Å². The van der Waals surface area contributed by atoms with E-state index in [1.54, 1.807) is 12.5 Å². The molecule has 1 aliphatic heterocycles. The molecule has 0 aromatic carbocycles. The Kier molecular flexibility index (Phi) is 1.84. The molecule has 0 saturated heterocycles. The van der Waals surface area contributed by atoms with Crippen molar-refractivity contribution in [2.45, 2.75) is 19.3 Å². The van der Waals surface area contributed by atoms with E-state index in [0.29, 0.717) is 0 Å². The molecule has 0 aliphatic carbocycles. The van der Waals surface area contributed by atoms with Crippen LogP contribution in [-0.2, 0) is 5.41 Å². The summed E-state index contributed by atoms with van der Waals surface area (Å²) in [4.78, 5) is 4.49. The Morgan fingerprint density at radius 1 is 1.44 bits per heavy atom. The fourth-order valence-corrected chi connectivity index (χ4v) is 2.12. The van der Waals surface area contributed by atoms with Gasteiger partial charge in [-0.3, -0.25) is 4.98 Å². The standard InChI is InChI=1S/C13H14N2O/c1-13(2)8-15-12-5-11(14-6-10(12)13)9-3-4-16-7-9/h3-7,15H,8H2,1-2H3. The number of fused-ring (bicyclic) bond motifs is 1. The Morgan fingerprint density at radius 3 is 3.06 bits per heavy atom. The Labute approximate surface area is 94.5 Å². The van der Waals surface area contributed by atoms with Crippen molar-refractivity contribution in [3.05, 3.63) is 36.4 Å². The zero-order chi connectivity index (χ0) is 11.2. The molecular formula is C13H14N2O. The predicted octanol–water partition coefficient (Wildman–Crippen LogP) is 3.04. The molecule has 1 aliphatic rings. The van der Waals surface area contributed by atoms with Crippen molar-refractivity contribution in [3.8, 4) is 11.3 Å². The van der Waals surface area contributed by atoms with Gasteiger partial charge >= 0.3 is 0 Å². The van der Waals surface area contributed by atoms with Crippen LogP contribution >= 0.6 is 0 Å². The van der Waals surface area contributed by atoms with Crippen LogP contribution in [0.1, 0.15) is 19.4 Å². The SMILES string of the molecule is CC1(C)CNc2cc(-c3ccoc3)ncc21. The number of hydrogen-bond donors (Lipinski definition) is 1. The zero-order valence-corrected chi connectivity index (χ0v) is 9.45. The van der Waals surface area contributed by atoms with Crippen LogP contribution in [0.2, 0.25) is 0 Å². The third-order valence-electron chi connectivity index (χ3n) is 3.17. The smallest absolute Gasteiger partial charge is 0.0996 e. The molecule has 3 rings (SSSR count). The molecule has 0 unspecified atom stereocenters. The van der Waals surface area contributed by atoms with E-state index < -0.39 is 0 Å². The lowest BCUT2D eigenvalue weighted by molar-refractivity contribution is 0.568. The maximum absolute atomic E-state index is 5.07. The average Bonchev–Trinajstić information content (AvgIpc) is 2.87. The molecule has 82 valence electrons. The molecule has 3 heteroatoms.